The first-order valence-corrected chi connectivity index (χ1v) is 7.57. The Balaban J connectivity index is 2.16. The Bertz CT molecular complexity index is 579. The minimum atomic E-state index is -0.587. The molecule has 0 heterocycles. The quantitative estimate of drug-likeness (QED) is 0.746. The first-order chi connectivity index (χ1) is 9.95. The number of hydrogen-bond acceptors (Lipinski definition) is 4. The molecule has 1 fully saturated rings. The maximum Gasteiger partial charge on any atom is 0.412 e. The number of carbonyl (C=O) groups excluding carboxylic acids is 1. The van der Waals surface area contributed by atoms with Crippen LogP contribution in [0.25, 0.3) is 0 Å². The lowest BCUT2D eigenvalue weighted by Gasteiger charge is -2.31. The normalized spacial score (nSPS) is 17.0. The Morgan fingerprint density at radius 1 is 1.27 bits per heavy atom. The van der Waals surface area contributed by atoms with Gasteiger partial charge in [0, 0.05) is 11.0 Å². The molecular formula is C17H26N2O3. The lowest BCUT2D eigenvalue weighted by Crippen LogP contribution is -2.45. The molecule has 0 spiro atoms. The number of benzene rings is 1. The highest BCUT2D eigenvalue weighted by molar-refractivity contribution is 5.87. The van der Waals surface area contributed by atoms with E-state index in [1.807, 2.05) is 19.9 Å². The van der Waals surface area contributed by atoms with E-state index in [1.54, 1.807) is 32.9 Å². The van der Waals surface area contributed by atoms with Gasteiger partial charge in [0.25, 0.3) is 0 Å². The number of carbonyl (C=O) groups is 1. The van der Waals surface area contributed by atoms with Crippen molar-refractivity contribution in [1.29, 1.82) is 0 Å². The number of phenols is 1. The number of anilines is 1. The topological polar surface area (TPSA) is 84.6 Å². The molecule has 4 N–H and O–H groups in total. The van der Waals surface area contributed by atoms with Crippen molar-refractivity contribution in [2.45, 2.75) is 64.0 Å². The molecule has 1 aromatic rings. The molecule has 0 unspecified atom stereocenters. The second kappa shape index (κ2) is 5.16. The molecule has 0 radical (unpaired) electrons. The molecule has 1 aliphatic rings. The van der Waals surface area contributed by atoms with E-state index in [9.17, 15) is 9.90 Å². The van der Waals surface area contributed by atoms with Crippen LogP contribution in [0, 0.1) is 0 Å². The molecule has 1 amide bonds. The van der Waals surface area contributed by atoms with E-state index in [-0.39, 0.29) is 16.7 Å². The summed E-state index contributed by atoms with van der Waals surface area (Å²) in [6.07, 6.45) is 1.43. The van der Waals surface area contributed by atoms with E-state index >= 15 is 0 Å². The fraction of sp³-hybridized carbons (Fsp3) is 0.588. The van der Waals surface area contributed by atoms with Crippen LogP contribution in [0.2, 0.25) is 0 Å². The number of nitrogens with one attached hydrogen (secondary N) is 1. The van der Waals surface area contributed by atoms with Crippen LogP contribution in [0.15, 0.2) is 18.2 Å². The molecular weight excluding hydrogens is 280 g/mol. The molecule has 22 heavy (non-hydrogen) atoms. The average molecular weight is 306 g/mol. The number of ether oxygens (including phenoxy) is 1. The summed E-state index contributed by atoms with van der Waals surface area (Å²) in [5.74, 6) is 0.0267. The van der Waals surface area contributed by atoms with E-state index in [1.165, 1.54) is 0 Å². The zero-order valence-electron chi connectivity index (χ0n) is 14.0. The molecule has 2 rings (SSSR count). The van der Waals surface area contributed by atoms with E-state index < -0.39 is 11.7 Å². The van der Waals surface area contributed by atoms with E-state index in [2.05, 4.69) is 5.32 Å². The molecule has 122 valence electrons. The van der Waals surface area contributed by atoms with Gasteiger partial charge in [-0.15, -0.1) is 0 Å². The minimum Gasteiger partial charge on any atom is -0.506 e. The van der Waals surface area contributed by atoms with Gasteiger partial charge in [-0.2, -0.15) is 0 Å². The van der Waals surface area contributed by atoms with Gasteiger partial charge in [-0.3, -0.25) is 5.32 Å². The summed E-state index contributed by atoms with van der Waals surface area (Å²) in [4.78, 5) is 11.8. The largest absolute Gasteiger partial charge is 0.506 e. The average Bonchev–Trinajstić information content (AvgIpc) is 3.09. The van der Waals surface area contributed by atoms with Crippen LogP contribution >= 0.6 is 0 Å². The first-order valence-electron chi connectivity index (χ1n) is 7.57. The van der Waals surface area contributed by atoms with Crippen LogP contribution in [-0.4, -0.2) is 22.3 Å². The highest BCUT2D eigenvalue weighted by Crippen LogP contribution is 2.55. The van der Waals surface area contributed by atoms with Crippen molar-refractivity contribution in [3.05, 3.63) is 23.8 Å². The van der Waals surface area contributed by atoms with Gasteiger partial charge >= 0.3 is 6.09 Å². The highest BCUT2D eigenvalue weighted by Gasteiger charge is 2.53. The van der Waals surface area contributed by atoms with Gasteiger partial charge in [0.1, 0.15) is 11.4 Å². The maximum absolute atomic E-state index is 11.8. The summed E-state index contributed by atoms with van der Waals surface area (Å²) in [6, 6.07) is 5.29. The Morgan fingerprint density at radius 2 is 1.86 bits per heavy atom. The Morgan fingerprint density at radius 3 is 2.27 bits per heavy atom. The van der Waals surface area contributed by atoms with Crippen LogP contribution in [-0.2, 0) is 10.2 Å². The van der Waals surface area contributed by atoms with Crippen LogP contribution < -0.4 is 11.1 Å². The van der Waals surface area contributed by atoms with Crippen molar-refractivity contribution in [3.63, 3.8) is 0 Å². The number of phenolic OH excluding ortho intramolecular Hbond substituents is 1. The molecule has 5 nitrogen and oxygen atoms in total. The summed E-state index contributed by atoms with van der Waals surface area (Å²) < 4.78 is 5.18. The van der Waals surface area contributed by atoms with Gasteiger partial charge in [0.2, 0.25) is 0 Å². The predicted octanol–water partition coefficient (Wildman–Crippen LogP) is 3.51. The van der Waals surface area contributed by atoms with Crippen molar-refractivity contribution >= 4 is 11.8 Å². The van der Waals surface area contributed by atoms with Crippen LogP contribution in [0.3, 0.4) is 0 Å². The summed E-state index contributed by atoms with van der Waals surface area (Å²) in [7, 11) is 0. The van der Waals surface area contributed by atoms with Crippen molar-refractivity contribution < 1.29 is 14.6 Å². The maximum atomic E-state index is 11.8. The van der Waals surface area contributed by atoms with Gasteiger partial charge in [-0.05, 0) is 65.2 Å². The summed E-state index contributed by atoms with van der Waals surface area (Å²) in [6.45, 7) is 9.37. The number of hydrogen-bond donors (Lipinski definition) is 3. The molecule has 0 aromatic heterocycles. The molecule has 1 aromatic carbocycles. The smallest absolute Gasteiger partial charge is 0.412 e. The number of nitrogens with two attached hydrogens (primary N) is 1. The van der Waals surface area contributed by atoms with E-state index in [0.717, 1.165) is 18.4 Å². The third kappa shape index (κ3) is 3.35. The van der Waals surface area contributed by atoms with Crippen LogP contribution in [0.4, 0.5) is 10.5 Å². The van der Waals surface area contributed by atoms with Crippen molar-refractivity contribution in [2.75, 3.05) is 5.32 Å². The monoisotopic (exact) mass is 306 g/mol. The minimum absolute atomic E-state index is 0.0267. The molecule has 0 aliphatic heterocycles. The van der Waals surface area contributed by atoms with E-state index in [4.69, 9.17) is 10.5 Å². The van der Waals surface area contributed by atoms with Crippen molar-refractivity contribution in [3.8, 4) is 5.75 Å². The van der Waals surface area contributed by atoms with Crippen molar-refractivity contribution in [1.82, 2.24) is 0 Å². The third-order valence-corrected chi connectivity index (χ3v) is 4.17. The summed E-state index contributed by atoms with van der Waals surface area (Å²) in [5.41, 5.74) is 6.60. The third-order valence-electron chi connectivity index (χ3n) is 4.17. The van der Waals surface area contributed by atoms with Gasteiger partial charge in [-0.25, -0.2) is 4.79 Å². The Hall–Kier alpha value is -1.75. The SMILES string of the molecule is CC(C)(C)OC(=O)Nc1ccc(C2(C(C)(C)N)CC2)cc1O. The fourth-order valence-electron chi connectivity index (χ4n) is 2.78. The first kappa shape index (κ1) is 16.6. The standard InChI is InChI=1S/C17H26N2O3/c1-15(2,3)22-14(21)19-12-7-6-11(10-13(12)20)17(8-9-17)16(4,5)18/h6-7,10,20H,8-9,18H2,1-5H3,(H,19,21). The zero-order chi connectivity index (χ0) is 16.8. The Kier molecular flexibility index (Phi) is 3.90. The van der Waals surface area contributed by atoms with Gasteiger partial charge in [0.15, 0.2) is 0 Å². The Labute approximate surface area is 131 Å². The predicted molar refractivity (Wildman–Crippen MR) is 87.1 cm³/mol. The summed E-state index contributed by atoms with van der Waals surface area (Å²) in [5, 5.41) is 12.7. The summed E-state index contributed by atoms with van der Waals surface area (Å²) >= 11 is 0. The molecule has 0 saturated heterocycles. The fourth-order valence-corrected chi connectivity index (χ4v) is 2.78. The van der Waals surface area contributed by atoms with Gasteiger partial charge in [-0.1, -0.05) is 6.07 Å². The molecule has 0 atom stereocenters. The zero-order valence-corrected chi connectivity index (χ0v) is 14.0. The molecule has 1 saturated carbocycles. The van der Waals surface area contributed by atoms with Crippen LogP contribution in [0.1, 0.15) is 53.0 Å². The number of aromatic hydroxyl groups is 1. The highest BCUT2D eigenvalue weighted by atomic mass is 16.6. The lowest BCUT2D eigenvalue weighted by molar-refractivity contribution is 0.0635. The number of amides is 1. The van der Waals surface area contributed by atoms with E-state index in [0.29, 0.717) is 5.69 Å². The lowest BCUT2D eigenvalue weighted by atomic mass is 9.79. The molecule has 5 heteroatoms. The van der Waals surface area contributed by atoms with Gasteiger partial charge < -0.3 is 15.6 Å². The van der Waals surface area contributed by atoms with Crippen molar-refractivity contribution in [2.24, 2.45) is 5.73 Å². The molecule has 0 bridgehead atoms. The van der Waals surface area contributed by atoms with Crippen LogP contribution in [0.5, 0.6) is 5.75 Å². The molecule has 1 aliphatic carbocycles. The number of rotatable bonds is 3. The van der Waals surface area contributed by atoms with Gasteiger partial charge in [0.05, 0.1) is 5.69 Å². The second-order valence-corrected chi connectivity index (χ2v) is 7.66. The second-order valence-electron chi connectivity index (χ2n) is 7.66.